The van der Waals surface area contributed by atoms with Crippen LogP contribution in [0, 0.1) is 0 Å². The Balaban J connectivity index is 1.92. The number of urea groups is 1. The van der Waals surface area contributed by atoms with Gasteiger partial charge in [-0.05, 0) is 26.7 Å². The molecule has 0 aliphatic carbocycles. The first-order valence-corrected chi connectivity index (χ1v) is 7.58. The van der Waals surface area contributed by atoms with Crippen LogP contribution in [0.1, 0.15) is 44.4 Å². The summed E-state index contributed by atoms with van der Waals surface area (Å²) in [5.41, 5.74) is 0. The van der Waals surface area contributed by atoms with Gasteiger partial charge in [0, 0.05) is 19.7 Å². The Bertz CT molecular complexity index is 477. The van der Waals surface area contributed by atoms with E-state index >= 15 is 0 Å². The fraction of sp³-hybridized carbons (Fsp3) is 0.786. The summed E-state index contributed by atoms with van der Waals surface area (Å²) in [6.45, 7) is 5.83. The van der Waals surface area contributed by atoms with Gasteiger partial charge in [-0.1, -0.05) is 5.16 Å². The second-order valence-electron chi connectivity index (χ2n) is 5.55. The van der Waals surface area contributed by atoms with Gasteiger partial charge in [0.15, 0.2) is 5.82 Å². The smallest absolute Gasteiger partial charge is 0.318 e. The molecule has 0 bridgehead atoms. The molecular formula is C14H24N4O4. The Labute approximate surface area is 130 Å². The van der Waals surface area contributed by atoms with E-state index < -0.39 is 0 Å². The fourth-order valence-corrected chi connectivity index (χ4v) is 2.37. The molecule has 2 heterocycles. The molecule has 1 aromatic rings. The van der Waals surface area contributed by atoms with Crippen molar-refractivity contribution in [3.63, 3.8) is 0 Å². The number of nitrogens with one attached hydrogen (secondary N) is 1. The zero-order valence-corrected chi connectivity index (χ0v) is 13.4. The number of likely N-dealkylation sites (tertiary alicyclic amines) is 1. The second kappa shape index (κ2) is 8.09. The largest absolute Gasteiger partial charge is 0.382 e. The van der Waals surface area contributed by atoms with E-state index in [1.165, 1.54) is 0 Å². The van der Waals surface area contributed by atoms with E-state index in [0.717, 1.165) is 12.8 Å². The van der Waals surface area contributed by atoms with E-state index in [0.29, 0.717) is 31.5 Å². The molecule has 1 atom stereocenters. The number of amides is 2. The first kappa shape index (κ1) is 16.7. The molecule has 0 saturated carbocycles. The Morgan fingerprint density at radius 1 is 1.50 bits per heavy atom. The molecule has 1 fully saturated rings. The number of ether oxygens (including phenoxy) is 2. The Hall–Kier alpha value is -1.67. The predicted octanol–water partition coefficient (Wildman–Crippen LogP) is 1.49. The molecule has 8 heteroatoms. The van der Waals surface area contributed by atoms with Crippen LogP contribution in [-0.2, 0) is 16.1 Å². The van der Waals surface area contributed by atoms with Crippen LogP contribution in [-0.4, -0.2) is 54.0 Å². The molecule has 1 aliphatic heterocycles. The molecule has 1 saturated heterocycles. The predicted molar refractivity (Wildman–Crippen MR) is 78.2 cm³/mol. The van der Waals surface area contributed by atoms with Gasteiger partial charge in [0.2, 0.25) is 0 Å². The van der Waals surface area contributed by atoms with Crippen molar-refractivity contribution in [2.45, 2.75) is 45.4 Å². The number of carbonyl (C=O) groups excluding carboxylic acids is 1. The van der Waals surface area contributed by atoms with Crippen molar-refractivity contribution in [2.75, 3.05) is 26.9 Å². The van der Waals surface area contributed by atoms with Gasteiger partial charge in [0.25, 0.3) is 5.89 Å². The zero-order valence-electron chi connectivity index (χ0n) is 13.4. The topological polar surface area (TPSA) is 89.7 Å². The Kier molecular flexibility index (Phi) is 6.14. The van der Waals surface area contributed by atoms with E-state index in [-0.39, 0.29) is 24.7 Å². The minimum absolute atomic E-state index is 0.0832. The molecule has 22 heavy (non-hydrogen) atoms. The average molecular weight is 312 g/mol. The fourth-order valence-electron chi connectivity index (χ4n) is 2.37. The lowest BCUT2D eigenvalue weighted by Crippen LogP contribution is -2.42. The van der Waals surface area contributed by atoms with Crippen LogP contribution < -0.4 is 5.32 Å². The van der Waals surface area contributed by atoms with E-state index in [4.69, 9.17) is 14.0 Å². The highest BCUT2D eigenvalue weighted by Crippen LogP contribution is 2.30. The van der Waals surface area contributed by atoms with Gasteiger partial charge in [-0.15, -0.1) is 0 Å². The second-order valence-corrected chi connectivity index (χ2v) is 5.55. The molecule has 0 aromatic carbocycles. The van der Waals surface area contributed by atoms with Crippen molar-refractivity contribution in [1.82, 2.24) is 20.4 Å². The molecule has 2 rings (SSSR count). The maximum atomic E-state index is 12.2. The summed E-state index contributed by atoms with van der Waals surface area (Å²) >= 11 is 0. The normalized spacial score (nSPS) is 18.2. The van der Waals surface area contributed by atoms with Crippen molar-refractivity contribution < 1.29 is 18.8 Å². The van der Waals surface area contributed by atoms with Gasteiger partial charge < -0.3 is 24.2 Å². The third kappa shape index (κ3) is 4.41. The van der Waals surface area contributed by atoms with Gasteiger partial charge in [-0.3, -0.25) is 0 Å². The first-order chi connectivity index (χ1) is 10.6. The third-order valence-corrected chi connectivity index (χ3v) is 3.36. The van der Waals surface area contributed by atoms with Gasteiger partial charge >= 0.3 is 6.03 Å². The van der Waals surface area contributed by atoms with E-state index in [1.807, 2.05) is 13.8 Å². The summed E-state index contributed by atoms with van der Waals surface area (Å²) in [5, 5.41) is 6.89. The summed E-state index contributed by atoms with van der Waals surface area (Å²) < 4.78 is 15.4. The van der Waals surface area contributed by atoms with Crippen LogP contribution in [0.5, 0.6) is 0 Å². The third-order valence-electron chi connectivity index (χ3n) is 3.36. The van der Waals surface area contributed by atoms with Crippen LogP contribution in [0.2, 0.25) is 0 Å². The highest BCUT2D eigenvalue weighted by molar-refractivity contribution is 5.75. The van der Waals surface area contributed by atoms with Crippen LogP contribution in [0.4, 0.5) is 4.79 Å². The highest BCUT2D eigenvalue weighted by Gasteiger charge is 2.33. The van der Waals surface area contributed by atoms with Crippen molar-refractivity contribution >= 4 is 6.03 Å². The number of hydrogen-bond acceptors (Lipinski definition) is 6. The number of aromatic nitrogens is 2. The quantitative estimate of drug-likeness (QED) is 0.767. The average Bonchev–Trinajstić information content (AvgIpc) is 3.11. The SMILES string of the molecule is COCCOCc1nc(C2CCCN2C(=O)NC(C)C)no1. The van der Waals surface area contributed by atoms with Crippen molar-refractivity contribution in [1.29, 1.82) is 0 Å². The van der Waals surface area contributed by atoms with Crippen molar-refractivity contribution in [2.24, 2.45) is 0 Å². The van der Waals surface area contributed by atoms with Gasteiger partial charge in [0.05, 0.1) is 19.3 Å². The van der Waals surface area contributed by atoms with Gasteiger partial charge in [-0.2, -0.15) is 4.98 Å². The van der Waals surface area contributed by atoms with Gasteiger partial charge in [-0.25, -0.2) is 4.79 Å². The van der Waals surface area contributed by atoms with E-state index in [2.05, 4.69) is 15.5 Å². The van der Waals surface area contributed by atoms with Crippen molar-refractivity contribution in [3.8, 4) is 0 Å². The molecule has 1 N–H and O–H groups in total. The summed E-state index contributed by atoms with van der Waals surface area (Å²) in [4.78, 5) is 18.3. The summed E-state index contributed by atoms with van der Waals surface area (Å²) in [5.74, 6) is 0.962. The van der Waals surface area contributed by atoms with Crippen molar-refractivity contribution in [3.05, 3.63) is 11.7 Å². The van der Waals surface area contributed by atoms with Crippen LogP contribution in [0.3, 0.4) is 0 Å². The first-order valence-electron chi connectivity index (χ1n) is 7.58. The minimum atomic E-state index is -0.129. The maximum absolute atomic E-state index is 12.2. The highest BCUT2D eigenvalue weighted by atomic mass is 16.5. The van der Waals surface area contributed by atoms with Crippen LogP contribution >= 0.6 is 0 Å². The lowest BCUT2D eigenvalue weighted by atomic mass is 10.2. The molecule has 0 radical (unpaired) electrons. The molecule has 1 aromatic heterocycles. The van der Waals surface area contributed by atoms with Crippen LogP contribution in [0.15, 0.2) is 4.52 Å². The molecule has 1 aliphatic rings. The molecular weight excluding hydrogens is 288 g/mol. The number of nitrogens with zero attached hydrogens (tertiary/aromatic N) is 3. The molecule has 2 amide bonds. The number of rotatable bonds is 7. The zero-order chi connectivity index (χ0) is 15.9. The minimum Gasteiger partial charge on any atom is -0.382 e. The standard InChI is InChI=1S/C14H24N4O4/c1-10(2)15-14(19)18-6-4-5-11(18)13-16-12(22-17-13)9-21-8-7-20-3/h10-11H,4-9H2,1-3H3,(H,15,19). The molecule has 8 nitrogen and oxygen atoms in total. The lowest BCUT2D eigenvalue weighted by Gasteiger charge is -2.23. The summed E-state index contributed by atoms with van der Waals surface area (Å²) in [7, 11) is 1.62. The monoisotopic (exact) mass is 312 g/mol. The maximum Gasteiger partial charge on any atom is 0.318 e. The number of hydrogen-bond donors (Lipinski definition) is 1. The number of methoxy groups -OCH3 is 1. The van der Waals surface area contributed by atoms with E-state index in [1.54, 1.807) is 12.0 Å². The van der Waals surface area contributed by atoms with E-state index in [9.17, 15) is 4.79 Å². The number of carbonyl (C=O) groups is 1. The Morgan fingerprint density at radius 3 is 3.05 bits per heavy atom. The molecule has 0 spiro atoms. The Morgan fingerprint density at radius 2 is 2.32 bits per heavy atom. The van der Waals surface area contributed by atoms with Gasteiger partial charge in [0.1, 0.15) is 6.61 Å². The summed E-state index contributed by atoms with van der Waals surface area (Å²) in [6, 6.07) is -0.112. The van der Waals surface area contributed by atoms with Crippen LogP contribution in [0.25, 0.3) is 0 Å². The summed E-state index contributed by atoms with van der Waals surface area (Å²) in [6.07, 6.45) is 1.78. The molecule has 124 valence electrons. The lowest BCUT2D eigenvalue weighted by molar-refractivity contribution is 0.0494. The molecule has 1 unspecified atom stereocenters.